The molecule has 110 valence electrons. The molecule has 3 unspecified atom stereocenters. The Hall–Kier alpha value is -0.120. The van der Waals surface area contributed by atoms with Crippen LogP contribution in [-0.2, 0) is 0 Å². The van der Waals surface area contributed by atoms with Crippen molar-refractivity contribution in [3.63, 3.8) is 0 Å². The number of likely N-dealkylation sites (tertiary alicyclic amines) is 1. The summed E-state index contributed by atoms with van der Waals surface area (Å²) in [5.74, 6) is 2.92. The monoisotopic (exact) mass is 265 g/mol. The molecule has 1 saturated carbocycles. The lowest BCUT2D eigenvalue weighted by atomic mass is 9.93. The van der Waals surface area contributed by atoms with E-state index in [-0.39, 0.29) is 0 Å². The van der Waals surface area contributed by atoms with E-state index in [0.29, 0.717) is 0 Å². The van der Waals surface area contributed by atoms with Crippen LogP contribution in [0.5, 0.6) is 0 Å². The van der Waals surface area contributed by atoms with Crippen molar-refractivity contribution < 1.29 is 0 Å². The third-order valence-corrected chi connectivity index (χ3v) is 5.79. The summed E-state index contributed by atoms with van der Waals surface area (Å²) in [5, 5.41) is 3.78. The second-order valence-electron chi connectivity index (χ2n) is 7.34. The van der Waals surface area contributed by atoms with Crippen LogP contribution in [-0.4, -0.2) is 62.7 Å². The van der Waals surface area contributed by atoms with Crippen LogP contribution < -0.4 is 5.32 Å². The molecule has 2 heterocycles. The largest absolute Gasteiger partial charge is 0.312 e. The van der Waals surface area contributed by atoms with Gasteiger partial charge in [0.25, 0.3) is 0 Å². The van der Waals surface area contributed by atoms with Gasteiger partial charge in [-0.15, -0.1) is 0 Å². The minimum atomic E-state index is 0.781. The fourth-order valence-corrected chi connectivity index (χ4v) is 4.60. The van der Waals surface area contributed by atoms with Gasteiger partial charge in [0.1, 0.15) is 0 Å². The summed E-state index contributed by atoms with van der Waals surface area (Å²) in [6, 6.07) is 0.781. The maximum atomic E-state index is 3.78. The molecule has 0 radical (unpaired) electrons. The number of fused-ring (bicyclic) bond motifs is 1. The van der Waals surface area contributed by atoms with E-state index >= 15 is 0 Å². The lowest BCUT2D eigenvalue weighted by molar-refractivity contribution is 0.165. The zero-order valence-electron chi connectivity index (χ0n) is 12.8. The lowest BCUT2D eigenvalue weighted by Crippen LogP contribution is -2.42. The average molecular weight is 265 g/mol. The van der Waals surface area contributed by atoms with Gasteiger partial charge in [0.2, 0.25) is 0 Å². The minimum Gasteiger partial charge on any atom is -0.312 e. The van der Waals surface area contributed by atoms with E-state index in [9.17, 15) is 0 Å². The van der Waals surface area contributed by atoms with Gasteiger partial charge in [-0.05, 0) is 77.2 Å². The lowest BCUT2D eigenvalue weighted by Gasteiger charge is -2.33. The van der Waals surface area contributed by atoms with Crippen LogP contribution in [0.1, 0.15) is 32.1 Å². The third kappa shape index (κ3) is 3.32. The number of nitrogens with one attached hydrogen (secondary N) is 1. The van der Waals surface area contributed by atoms with E-state index in [4.69, 9.17) is 0 Å². The predicted octanol–water partition coefficient (Wildman–Crippen LogP) is 1.65. The molecule has 0 spiro atoms. The molecule has 0 bridgehead atoms. The van der Waals surface area contributed by atoms with Crippen LogP contribution in [0, 0.1) is 17.8 Å². The summed E-state index contributed by atoms with van der Waals surface area (Å²) in [6.45, 7) is 6.46. The van der Waals surface area contributed by atoms with Crippen molar-refractivity contribution in [2.45, 2.75) is 38.1 Å². The number of hydrogen-bond donors (Lipinski definition) is 1. The first kappa shape index (κ1) is 13.8. The quantitative estimate of drug-likeness (QED) is 0.834. The van der Waals surface area contributed by atoms with Crippen molar-refractivity contribution in [2.24, 2.45) is 17.8 Å². The molecular weight excluding hydrogens is 234 g/mol. The van der Waals surface area contributed by atoms with Crippen molar-refractivity contribution >= 4 is 0 Å². The van der Waals surface area contributed by atoms with Crippen LogP contribution in [0.3, 0.4) is 0 Å². The maximum absolute atomic E-state index is 3.78. The van der Waals surface area contributed by atoms with Crippen LogP contribution in [0.4, 0.5) is 0 Å². The van der Waals surface area contributed by atoms with E-state index in [1.165, 1.54) is 64.8 Å². The molecule has 1 N–H and O–H groups in total. The molecule has 1 aliphatic carbocycles. The topological polar surface area (TPSA) is 18.5 Å². The summed E-state index contributed by atoms with van der Waals surface area (Å²) in [5.41, 5.74) is 0. The number of rotatable bonds is 4. The van der Waals surface area contributed by atoms with Crippen molar-refractivity contribution in [2.75, 3.05) is 46.8 Å². The van der Waals surface area contributed by atoms with E-state index in [1.54, 1.807) is 0 Å². The van der Waals surface area contributed by atoms with Crippen molar-refractivity contribution in [3.8, 4) is 0 Å². The summed E-state index contributed by atoms with van der Waals surface area (Å²) in [4.78, 5) is 5.08. The number of piperidine rings is 1. The molecule has 2 saturated heterocycles. The number of likely N-dealkylation sites (N-methyl/N-ethyl adjacent to an activating group) is 1. The Balaban J connectivity index is 1.42. The minimum absolute atomic E-state index is 0.781. The van der Waals surface area contributed by atoms with Crippen molar-refractivity contribution in [3.05, 3.63) is 0 Å². The molecule has 3 atom stereocenters. The molecule has 2 aliphatic heterocycles. The van der Waals surface area contributed by atoms with Crippen molar-refractivity contribution in [1.82, 2.24) is 15.1 Å². The molecule has 3 aliphatic rings. The molecule has 3 nitrogen and oxygen atoms in total. The van der Waals surface area contributed by atoms with E-state index in [2.05, 4.69) is 29.2 Å². The highest BCUT2D eigenvalue weighted by Gasteiger charge is 2.39. The van der Waals surface area contributed by atoms with Gasteiger partial charge >= 0.3 is 0 Å². The molecule has 3 rings (SSSR count). The van der Waals surface area contributed by atoms with E-state index < -0.39 is 0 Å². The van der Waals surface area contributed by atoms with Gasteiger partial charge in [-0.25, -0.2) is 0 Å². The molecule has 3 heteroatoms. The first-order chi connectivity index (χ1) is 9.22. The Bertz CT molecular complexity index is 286. The van der Waals surface area contributed by atoms with Gasteiger partial charge < -0.3 is 15.1 Å². The SMILES string of the molecule is CN1CCC(CN(C)CC2NCC3CCCC32)CC1. The second kappa shape index (κ2) is 6.11. The first-order valence-electron chi connectivity index (χ1n) is 8.33. The van der Waals surface area contributed by atoms with Crippen molar-refractivity contribution in [1.29, 1.82) is 0 Å². The highest BCUT2D eigenvalue weighted by molar-refractivity contribution is 4.95. The predicted molar refractivity (Wildman–Crippen MR) is 80.3 cm³/mol. The first-order valence-corrected chi connectivity index (χ1v) is 8.33. The second-order valence-corrected chi connectivity index (χ2v) is 7.34. The Morgan fingerprint density at radius 3 is 2.68 bits per heavy atom. The number of hydrogen-bond acceptors (Lipinski definition) is 3. The Morgan fingerprint density at radius 1 is 1.11 bits per heavy atom. The van der Waals surface area contributed by atoms with Crippen LogP contribution in [0.2, 0.25) is 0 Å². The Labute approximate surface area is 118 Å². The smallest absolute Gasteiger partial charge is 0.0226 e. The zero-order chi connectivity index (χ0) is 13.2. The summed E-state index contributed by atoms with van der Waals surface area (Å²) >= 11 is 0. The van der Waals surface area contributed by atoms with Crippen LogP contribution in [0.25, 0.3) is 0 Å². The maximum Gasteiger partial charge on any atom is 0.0226 e. The van der Waals surface area contributed by atoms with Crippen LogP contribution in [0.15, 0.2) is 0 Å². The zero-order valence-corrected chi connectivity index (χ0v) is 12.8. The highest BCUT2D eigenvalue weighted by atomic mass is 15.1. The summed E-state index contributed by atoms with van der Waals surface area (Å²) in [7, 11) is 4.59. The fraction of sp³-hybridized carbons (Fsp3) is 1.00. The van der Waals surface area contributed by atoms with E-state index in [0.717, 1.165) is 23.8 Å². The molecule has 0 aromatic carbocycles. The highest BCUT2D eigenvalue weighted by Crippen LogP contribution is 2.37. The molecular formula is C16H31N3. The Morgan fingerprint density at radius 2 is 1.89 bits per heavy atom. The fourth-order valence-electron chi connectivity index (χ4n) is 4.60. The normalized spacial score (nSPS) is 37.1. The summed E-state index contributed by atoms with van der Waals surface area (Å²) < 4.78 is 0. The molecule has 0 aromatic rings. The number of nitrogens with zero attached hydrogens (tertiary/aromatic N) is 2. The van der Waals surface area contributed by atoms with Gasteiger partial charge in [-0.2, -0.15) is 0 Å². The molecule has 0 amide bonds. The molecule has 19 heavy (non-hydrogen) atoms. The molecule has 3 fully saturated rings. The van der Waals surface area contributed by atoms with Gasteiger partial charge in [0.15, 0.2) is 0 Å². The Kier molecular flexibility index (Phi) is 4.45. The average Bonchev–Trinajstić information content (AvgIpc) is 2.97. The third-order valence-electron chi connectivity index (χ3n) is 5.79. The van der Waals surface area contributed by atoms with Crippen LogP contribution >= 0.6 is 0 Å². The molecule has 0 aromatic heterocycles. The standard InChI is InChI=1S/C16H31N3/c1-18-8-6-13(7-9-18)11-19(2)12-16-15-5-3-4-14(15)10-17-16/h13-17H,3-12H2,1-2H3. The van der Waals surface area contributed by atoms with Gasteiger partial charge in [0, 0.05) is 19.1 Å². The summed E-state index contributed by atoms with van der Waals surface area (Å²) in [6.07, 6.45) is 7.22. The van der Waals surface area contributed by atoms with Gasteiger partial charge in [0.05, 0.1) is 0 Å². The van der Waals surface area contributed by atoms with Gasteiger partial charge in [-0.3, -0.25) is 0 Å². The van der Waals surface area contributed by atoms with Gasteiger partial charge in [-0.1, -0.05) is 6.42 Å². The van der Waals surface area contributed by atoms with E-state index in [1.807, 2.05) is 0 Å².